The predicted molar refractivity (Wildman–Crippen MR) is 73.2 cm³/mol. The molecule has 8 heteroatoms. The molecule has 1 amide bonds. The van der Waals surface area contributed by atoms with Crippen LogP contribution in [0.4, 0.5) is 5.82 Å². The number of amides is 1. The highest BCUT2D eigenvalue weighted by Gasteiger charge is 2.28. The van der Waals surface area contributed by atoms with Gasteiger partial charge < -0.3 is 10.6 Å². The van der Waals surface area contributed by atoms with Crippen LogP contribution < -0.4 is 10.6 Å². The Morgan fingerprint density at radius 3 is 2.50 bits per heavy atom. The lowest BCUT2D eigenvalue weighted by atomic mass is 10.3. The van der Waals surface area contributed by atoms with E-state index in [1.807, 2.05) is 0 Å². The summed E-state index contributed by atoms with van der Waals surface area (Å²) in [6.07, 6.45) is 5.49. The first-order chi connectivity index (χ1) is 9.52. The van der Waals surface area contributed by atoms with Gasteiger partial charge in [-0.2, -0.15) is 0 Å². The Morgan fingerprint density at radius 2 is 1.95 bits per heavy atom. The third-order valence-corrected chi connectivity index (χ3v) is 5.15. The molecule has 2 N–H and O–H groups in total. The molecular formula is C12H16N4O3S. The van der Waals surface area contributed by atoms with Crippen LogP contribution in [0, 0.1) is 0 Å². The first kappa shape index (κ1) is 13.3. The molecule has 2 heterocycles. The van der Waals surface area contributed by atoms with Crippen molar-refractivity contribution in [2.45, 2.75) is 31.3 Å². The number of hydrogen-bond acceptors (Lipinski definition) is 6. The van der Waals surface area contributed by atoms with Crippen LogP contribution in [0.3, 0.4) is 0 Å². The molecule has 2 fully saturated rings. The van der Waals surface area contributed by atoms with Gasteiger partial charge in [-0.15, -0.1) is 0 Å². The lowest BCUT2D eigenvalue weighted by Gasteiger charge is -2.11. The zero-order valence-electron chi connectivity index (χ0n) is 10.9. The fourth-order valence-corrected chi connectivity index (χ4v) is 3.80. The monoisotopic (exact) mass is 296 g/mol. The van der Waals surface area contributed by atoms with Crippen LogP contribution in [0.5, 0.6) is 0 Å². The minimum atomic E-state index is -2.92. The second kappa shape index (κ2) is 5.01. The molecule has 7 nitrogen and oxygen atoms in total. The van der Waals surface area contributed by atoms with E-state index in [4.69, 9.17) is 0 Å². The van der Waals surface area contributed by atoms with Crippen LogP contribution in [0.2, 0.25) is 0 Å². The van der Waals surface area contributed by atoms with Gasteiger partial charge in [0.25, 0.3) is 5.91 Å². The first-order valence-corrected chi connectivity index (χ1v) is 8.44. The Balaban J connectivity index is 1.59. The van der Waals surface area contributed by atoms with E-state index >= 15 is 0 Å². The molecule has 1 saturated heterocycles. The molecule has 108 valence electrons. The molecule has 1 aliphatic carbocycles. The van der Waals surface area contributed by atoms with E-state index in [-0.39, 0.29) is 35.2 Å². The van der Waals surface area contributed by atoms with Gasteiger partial charge >= 0.3 is 0 Å². The molecule has 0 spiro atoms. The highest BCUT2D eigenvalue weighted by Crippen LogP contribution is 2.19. The molecule has 0 bridgehead atoms. The Morgan fingerprint density at radius 1 is 1.15 bits per heavy atom. The molecule has 1 aliphatic heterocycles. The van der Waals surface area contributed by atoms with Gasteiger partial charge in [0.1, 0.15) is 11.5 Å². The maximum absolute atomic E-state index is 11.7. The number of nitrogens with one attached hydrogen (secondary N) is 2. The van der Waals surface area contributed by atoms with Crippen LogP contribution >= 0.6 is 0 Å². The van der Waals surface area contributed by atoms with Crippen LogP contribution in [0.1, 0.15) is 29.8 Å². The zero-order valence-corrected chi connectivity index (χ0v) is 11.7. The zero-order chi connectivity index (χ0) is 14.2. The third kappa shape index (κ3) is 3.24. The summed E-state index contributed by atoms with van der Waals surface area (Å²) in [5.41, 5.74) is 0.279. The van der Waals surface area contributed by atoms with Crippen molar-refractivity contribution in [2.24, 2.45) is 0 Å². The van der Waals surface area contributed by atoms with Gasteiger partial charge in [0, 0.05) is 12.1 Å². The quantitative estimate of drug-likeness (QED) is 0.809. The molecule has 1 unspecified atom stereocenters. The Kier molecular flexibility index (Phi) is 3.33. The minimum absolute atomic E-state index is 0.124. The van der Waals surface area contributed by atoms with Crippen LogP contribution in [-0.4, -0.2) is 47.9 Å². The molecule has 1 saturated carbocycles. The van der Waals surface area contributed by atoms with Crippen LogP contribution in [0.25, 0.3) is 0 Å². The van der Waals surface area contributed by atoms with Crippen LogP contribution in [-0.2, 0) is 9.84 Å². The molecule has 1 aromatic heterocycles. The number of anilines is 1. The maximum atomic E-state index is 11.7. The van der Waals surface area contributed by atoms with Gasteiger partial charge in [0.05, 0.1) is 23.9 Å². The van der Waals surface area contributed by atoms with Crippen molar-refractivity contribution < 1.29 is 13.2 Å². The van der Waals surface area contributed by atoms with Crippen LogP contribution in [0.15, 0.2) is 12.4 Å². The minimum Gasteiger partial charge on any atom is -0.365 e. The molecule has 0 radical (unpaired) electrons. The summed E-state index contributed by atoms with van der Waals surface area (Å²) in [6, 6.07) is 0.159. The van der Waals surface area contributed by atoms with Crippen molar-refractivity contribution in [3.05, 3.63) is 18.1 Å². The molecule has 20 heavy (non-hydrogen) atoms. The summed E-state index contributed by atoms with van der Waals surface area (Å²) in [5.74, 6) is 0.614. The number of carbonyl (C=O) groups is 1. The fraction of sp³-hybridized carbons (Fsp3) is 0.583. The van der Waals surface area contributed by atoms with Gasteiger partial charge in [0.15, 0.2) is 9.84 Å². The van der Waals surface area contributed by atoms with E-state index in [2.05, 4.69) is 20.6 Å². The molecule has 1 aromatic rings. The number of hydrogen-bond donors (Lipinski definition) is 2. The molecule has 0 aromatic carbocycles. The first-order valence-electron chi connectivity index (χ1n) is 6.62. The van der Waals surface area contributed by atoms with Crippen molar-refractivity contribution in [1.82, 2.24) is 15.3 Å². The van der Waals surface area contributed by atoms with E-state index in [1.165, 1.54) is 12.4 Å². The summed E-state index contributed by atoms with van der Waals surface area (Å²) < 4.78 is 22.7. The van der Waals surface area contributed by atoms with Gasteiger partial charge in [0.2, 0.25) is 0 Å². The van der Waals surface area contributed by atoms with Crippen molar-refractivity contribution in [3.63, 3.8) is 0 Å². The highest BCUT2D eigenvalue weighted by atomic mass is 32.2. The average molecular weight is 296 g/mol. The number of rotatable bonds is 4. The highest BCUT2D eigenvalue weighted by molar-refractivity contribution is 7.91. The van der Waals surface area contributed by atoms with Gasteiger partial charge in [-0.05, 0) is 19.3 Å². The maximum Gasteiger partial charge on any atom is 0.271 e. The Bertz CT molecular complexity index is 610. The van der Waals surface area contributed by atoms with E-state index in [9.17, 15) is 13.2 Å². The van der Waals surface area contributed by atoms with Crippen molar-refractivity contribution in [1.29, 1.82) is 0 Å². The summed E-state index contributed by atoms with van der Waals surface area (Å²) in [6.45, 7) is 0. The smallest absolute Gasteiger partial charge is 0.271 e. The summed E-state index contributed by atoms with van der Waals surface area (Å²) >= 11 is 0. The number of carbonyl (C=O) groups excluding carboxylic acids is 1. The third-order valence-electron chi connectivity index (χ3n) is 3.38. The van der Waals surface area contributed by atoms with E-state index < -0.39 is 9.84 Å². The normalized spacial score (nSPS) is 24.3. The van der Waals surface area contributed by atoms with Crippen molar-refractivity contribution in [3.8, 4) is 0 Å². The van der Waals surface area contributed by atoms with Gasteiger partial charge in [-0.1, -0.05) is 0 Å². The standard InChI is InChI=1S/C12H16N4O3S/c17-12(16-8-1-2-8)10-5-14-11(6-13-10)15-9-3-4-20(18,19)7-9/h5-6,8-9H,1-4,7H2,(H,14,15)(H,16,17). The molecule has 2 aliphatic rings. The Hall–Kier alpha value is -1.70. The second-order valence-electron chi connectivity index (χ2n) is 5.28. The van der Waals surface area contributed by atoms with E-state index in [0.717, 1.165) is 12.8 Å². The van der Waals surface area contributed by atoms with E-state index in [0.29, 0.717) is 12.2 Å². The van der Waals surface area contributed by atoms with Crippen molar-refractivity contribution >= 4 is 21.6 Å². The SMILES string of the molecule is O=C(NC1CC1)c1cnc(NC2CCS(=O)(=O)C2)cn1. The Labute approximate surface area is 117 Å². The lowest BCUT2D eigenvalue weighted by Crippen LogP contribution is -2.26. The topological polar surface area (TPSA) is 101 Å². The number of nitrogens with zero attached hydrogens (tertiary/aromatic N) is 2. The largest absolute Gasteiger partial charge is 0.365 e. The van der Waals surface area contributed by atoms with Crippen molar-refractivity contribution in [2.75, 3.05) is 16.8 Å². The van der Waals surface area contributed by atoms with Gasteiger partial charge in [-0.25, -0.2) is 18.4 Å². The molecular weight excluding hydrogens is 280 g/mol. The summed E-state index contributed by atoms with van der Waals surface area (Å²) in [7, 11) is -2.92. The lowest BCUT2D eigenvalue weighted by molar-refractivity contribution is 0.0945. The van der Waals surface area contributed by atoms with Gasteiger partial charge in [-0.3, -0.25) is 4.79 Å². The molecule has 3 rings (SSSR count). The summed E-state index contributed by atoms with van der Waals surface area (Å²) in [5, 5.41) is 5.86. The van der Waals surface area contributed by atoms with E-state index in [1.54, 1.807) is 0 Å². The fourth-order valence-electron chi connectivity index (χ4n) is 2.12. The average Bonchev–Trinajstić information content (AvgIpc) is 3.14. The second-order valence-corrected chi connectivity index (χ2v) is 7.51. The number of sulfone groups is 1. The molecule has 1 atom stereocenters. The summed E-state index contributed by atoms with van der Waals surface area (Å²) in [4.78, 5) is 19.9. The predicted octanol–water partition coefficient (Wildman–Crippen LogP) is -0.0322. The number of aromatic nitrogens is 2.